The Morgan fingerprint density at radius 3 is 2.70 bits per heavy atom. The van der Waals surface area contributed by atoms with Gasteiger partial charge in [0.2, 0.25) is 6.79 Å². The van der Waals surface area contributed by atoms with Crippen LogP contribution in [0.25, 0.3) is 0 Å². The number of likely N-dealkylation sites (N-methyl/N-ethyl adjacent to an activating group) is 1. The van der Waals surface area contributed by atoms with E-state index in [2.05, 4.69) is 16.9 Å². The highest BCUT2D eigenvalue weighted by Gasteiger charge is 2.21. The minimum atomic E-state index is -0.342. The standard InChI is InChI=1S/C16H21N3O4/c1-3-21-16(19-8-6-18(2)7-9-19)17-15(20)12-4-5-13-14(10-12)23-11-22-13/h4-5,10H,3,6-9,11H2,1-2H3. The van der Waals surface area contributed by atoms with E-state index in [1.165, 1.54) is 0 Å². The Hall–Kier alpha value is -2.28. The minimum absolute atomic E-state index is 0.182. The second-order valence-corrected chi connectivity index (χ2v) is 5.49. The van der Waals surface area contributed by atoms with Crippen LogP contribution in [0.1, 0.15) is 17.3 Å². The first-order valence-electron chi connectivity index (χ1n) is 7.76. The van der Waals surface area contributed by atoms with Crippen LogP contribution in [0.2, 0.25) is 0 Å². The van der Waals surface area contributed by atoms with Gasteiger partial charge in [-0.2, -0.15) is 4.99 Å². The molecular weight excluding hydrogens is 298 g/mol. The van der Waals surface area contributed by atoms with Gasteiger partial charge in [-0.3, -0.25) is 4.79 Å². The Balaban J connectivity index is 1.77. The molecule has 2 aliphatic heterocycles. The summed E-state index contributed by atoms with van der Waals surface area (Å²) < 4.78 is 16.1. The highest BCUT2D eigenvalue weighted by molar-refractivity contribution is 6.01. The van der Waals surface area contributed by atoms with Crippen molar-refractivity contribution >= 4 is 11.9 Å². The quantitative estimate of drug-likeness (QED) is 0.603. The molecule has 0 saturated carbocycles. The van der Waals surface area contributed by atoms with Crippen LogP contribution < -0.4 is 9.47 Å². The summed E-state index contributed by atoms with van der Waals surface area (Å²) in [7, 11) is 2.08. The molecule has 0 aliphatic carbocycles. The van der Waals surface area contributed by atoms with Crippen LogP contribution in [-0.4, -0.2) is 68.4 Å². The molecule has 2 heterocycles. The zero-order valence-electron chi connectivity index (χ0n) is 13.4. The number of aliphatic imine (C=N–C) groups is 1. The molecule has 1 saturated heterocycles. The first kappa shape index (κ1) is 15.6. The van der Waals surface area contributed by atoms with E-state index >= 15 is 0 Å². The molecule has 0 unspecified atom stereocenters. The number of amidine groups is 1. The zero-order chi connectivity index (χ0) is 16.2. The van der Waals surface area contributed by atoms with E-state index in [0.29, 0.717) is 29.7 Å². The predicted molar refractivity (Wildman–Crippen MR) is 85.0 cm³/mol. The number of rotatable bonds is 2. The number of benzene rings is 1. The average molecular weight is 319 g/mol. The SMILES string of the molecule is CCOC(=NC(=O)c1ccc2c(c1)OCO2)N1CCN(C)CC1. The summed E-state index contributed by atoms with van der Waals surface area (Å²) in [6.07, 6.45) is 0. The number of hydrogen-bond acceptors (Lipinski definition) is 5. The highest BCUT2D eigenvalue weighted by atomic mass is 16.7. The summed E-state index contributed by atoms with van der Waals surface area (Å²) in [6, 6.07) is 5.46. The van der Waals surface area contributed by atoms with Crippen LogP contribution in [0.5, 0.6) is 11.5 Å². The van der Waals surface area contributed by atoms with Gasteiger partial charge < -0.3 is 24.0 Å². The maximum atomic E-state index is 12.4. The van der Waals surface area contributed by atoms with Crippen molar-refractivity contribution in [3.63, 3.8) is 0 Å². The first-order valence-corrected chi connectivity index (χ1v) is 7.76. The second-order valence-electron chi connectivity index (χ2n) is 5.49. The number of ether oxygens (including phenoxy) is 3. The molecule has 0 radical (unpaired) electrons. The predicted octanol–water partition coefficient (Wildman–Crippen LogP) is 1.20. The number of carbonyl (C=O) groups is 1. The summed E-state index contributed by atoms with van der Waals surface area (Å²) in [6.45, 7) is 5.97. The van der Waals surface area contributed by atoms with Gasteiger partial charge in [0.25, 0.3) is 11.9 Å². The van der Waals surface area contributed by atoms with Crippen molar-refractivity contribution in [1.29, 1.82) is 0 Å². The smallest absolute Gasteiger partial charge is 0.295 e. The van der Waals surface area contributed by atoms with Gasteiger partial charge in [-0.1, -0.05) is 0 Å². The maximum Gasteiger partial charge on any atom is 0.295 e. The third kappa shape index (κ3) is 3.56. The van der Waals surface area contributed by atoms with E-state index in [1.807, 2.05) is 11.8 Å². The van der Waals surface area contributed by atoms with Crippen LogP contribution >= 0.6 is 0 Å². The summed E-state index contributed by atoms with van der Waals surface area (Å²) in [5.41, 5.74) is 0.459. The van der Waals surface area contributed by atoms with Gasteiger partial charge in [-0.25, -0.2) is 0 Å². The summed E-state index contributed by atoms with van der Waals surface area (Å²) >= 11 is 0. The van der Waals surface area contributed by atoms with E-state index in [0.717, 1.165) is 26.2 Å². The molecular formula is C16H21N3O4. The molecule has 0 N–H and O–H groups in total. The van der Waals surface area contributed by atoms with Gasteiger partial charge in [0.15, 0.2) is 11.5 Å². The monoisotopic (exact) mass is 319 g/mol. The van der Waals surface area contributed by atoms with Crippen molar-refractivity contribution in [2.45, 2.75) is 6.92 Å². The lowest BCUT2D eigenvalue weighted by atomic mass is 10.2. The fourth-order valence-electron chi connectivity index (χ4n) is 2.50. The number of piperazine rings is 1. The van der Waals surface area contributed by atoms with Crippen LogP contribution in [-0.2, 0) is 4.74 Å². The molecule has 1 aromatic rings. The van der Waals surface area contributed by atoms with Crippen LogP contribution in [0, 0.1) is 0 Å². The summed E-state index contributed by atoms with van der Waals surface area (Å²) in [4.78, 5) is 20.9. The number of amides is 1. The van der Waals surface area contributed by atoms with E-state index in [1.54, 1.807) is 18.2 Å². The Bertz CT molecular complexity index is 609. The second kappa shape index (κ2) is 6.87. The molecule has 124 valence electrons. The molecule has 1 fully saturated rings. The molecule has 7 heteroatoms. The number of carbonyl (C=O) groups excluding carboxylic acids is 1. The Kier molecular flexibility index (Phi) is 4.66. The molecule has 7 nitrogen and oxygen atoms in total. The lowest BCUT2D eigenvalue weighted by Gasteiger charge is -2.33. The fourth-order valence-corrected chi connectivity index (χ4v) is 2.50. The average Bonchev–Trinajstić information content (AvgIpc) is 3.02. The van der Waals surface area contributed by atoms with Gasteiger partial charge in [0.1, 0.15) is 0 Å². The van der Waals surface area contributed by atoms with Crippen LogP contribution in [0.3, 0.4) is 0 Å². The molecule has 1 amide bonds. The van der Waals surface area contributed by atoms with E-state index in [9.17, 15) is 4.79 Å². The van der Waals surface area contributed by atoms with Crippen molar-refractivity contribution < 1.29 is 19.0 Å². The Morgan fingerprint density at radius 2 is 1.96 bits per heavy atom. The van der Waals surface area contributed by atoms with E-state index in [-0.39, 0.29) is 12.7 Å². The lowest BCUT2D eigenvalue weighted by molar-refractivity contribution is 0.0989. The van der Waals surface area contributed by atoms with E-state index in [4.69, 9.17) is 14.2 Å². The Labute approximate surface area is 135 Å². The number of fused-ring (bicyclic) bond motifs is 1. The molecule has 2 aliphatic rings. The zero-order valence-corrected chi connectivity index (χ0v) is 13.4. The van der Waals surface area contributed by atoms with Crippen molar-refractivity contribution in [3.8, 4) is 11.5 Å². The maximum absolute atomic E-state index is 12.4. The number of hydrogen-bond donors (Lipinski definition) is 0. The van der Waals surface area contributed by atoms with Crippen molar-refractivity contribution in [1.82, 2.24) is 9.80 Å². The number of nitrogens with zero attached hydrogens (tertiary/aromatic N) is 3. The molecule has 23 heavy (non-hydrogen) atoms. The molecule has 0 spiro atoms. The van der Waals surface area contributed by atoms with Crippen molar-refractivity contribution in [2.24, 2.45) is 4.99 Å². The molecule has 3 rings (SSSR count). The normalized spacial score (nSPS) is 18.2. The minimum Gasteiger partial charge on any atom is -0.465 e. The molecule has 0 atom stereocenters. The molecule has 0 bridgehead atoms. The van der Waals surface area contributed by atoms with Crippen molar-refractivity contribution in [2.75, 3.05) is 46.6 Å². The lowest BCUT2D eigenvalue weighted by Crippen LogP contribution is -2.48. The molecule has 0 aromatic heterocycles. The van der Waals surface area contributed by atoms with E-state index < -0.39 is 0 Å². The van der Waals surface area contributed by atoms with Crippen LogP contribution in [0.4, 0.5) is 0 Å². The Morgan fingerprint density at radius 1 is 1.22 bits per heavy atom. The third-order valence-electron chi connectivity index (χ3n) is 3.86. The van der Waals surface area contributed by atoms with Gasteiger partial charge in [-0.05, 0) is 32.2 Å². The summed E-state index contributed by atoms with van der Waals surface area (Å²) in [5.74, 6) is 0.879. The van der Waals surface area contributed by atoms with Gasteiger partial charge in [0.05, 0.1) is 6.61 Å². The topological polar surface area (TPSA) is 63.6 Å². The third-order valence-corrected chi connectivity index (χ3v) is 3.86. The largest absolute Gasteiger partial charge is 0.465 e. The van der Waals surface area contributed by atoms with Crippen molar-refractivity contribution in [3.05, 3.63) is 23.8 Å². The fraction of sp³-hybridized carbons (Fsp3) is 0.500. The van der Waals surface area contributed by atoms with Gasteiger partial charge in [-0.15, -0.1) is 0 Å². The summed E-state index contributed by atoms with van der Waals surface area (Å²) in [5, 5.41) is 0. The van der Waals surface area contributed by atoms with Gasteiger partial charge in [0, 0.05) is 31.7 Å². The highest BCUT2D eigenvalue weighted by Crippen LogP contribution is 2.32. The van der Waals surface area contributed by atoms with Gasteiger partial charge >= 0.3 is 0 Å². The van der Waals surface area contributed by atoms with Crippen LogP contribution in [0.15, 0.2) is 23.2 Å². The first-order chi connectivity index (χ1) is 11.2. The molecule has 1 aromatic carbocycles.